The molecule has 1 saturated carbocycles. The van der Waals surface area contributed by atoms with E-state index >= 15 is 0 Å². The third-order valence-corrected chi connectivity index (χ3v) is 5.54. The minimum absolute atomic E-state index is 0.320. The molecule has 0 radical (unpaired) electrons. The number of fused-ring (bicyclic) bond motifs is 3. The lowest BCUT2D eigenvalue weighted by molar-refractivity contribution is 0.497. The van der Waals surface area contributed by atoms with Gasteiger partial charge in [0.15, 0.2) is 0 Å². The van der Waals surface area contributed by atoms with E-state index in [2.05, 4.69) is 35.4 Å². The van der Waals surface area contributed by atoms with E-state index in [0.717, 1.165) is 24.7 Å². The van der Waals surface area contributed by atoms with Crippen LogP contribution in [0, 0.1) is 11.8 Å². The number of nitrogens with zero attached hydrogens (tertiary/aromatic N) is 2. The summed E-state index contributed by atoms with van der Waals surface area (Å²) in [6.07, 6.45) is 6.54. The summed E-state index contributed by atoms with van der Waals surface area (Å²) in [6.45, 7) is 0. The Morgan fingerprint density at radius 2 is 2.19 bits per heavy atom. The third-order valence-electron chi connectivity index (χ3n) is 5.54. The van der Waals surface area contributed by atoms with Crippen molar-refractivity contribution in [3.63, 3.8) is 0 Å². The third kappa shape index (κ3) is 2.20. The first-order chi connectivity index (χ1) is 10.3. The van der Waals surface area contributed by atoms with Crippen molar-refractivity contribution < 1.29 is 0 Å². The summed E-state index contributed by atoms with van der Waals surface area (Å²) in [4.78, 5) is 0. The van der Waals surface area contributed by atoms with Gasteiger partial charge in [0.25, 0.3) is 0 Å². The molecule has 0 spiro atoms. The fourth-order valence-electron chi connectivity index (χ4n) is 4.36. The number of hydrogen-bond donors (Lipinski definition) is 1. The molecule has 4 rings (SSSR count). The molecule has 4 atom stereocenters. The molecular formula is C18H23N3. The topological polar surface area (TPSA) is 43.8 Å². The lowest BCUT2D eigenvalue weighted by atomic mass is 9.92. The van der Waals surface area contributed by atoms with Gasteiger partial charge in [0.1, 0.15) is 0 Å². The molecule has 2 aromatic rings. The maximum atomic E-state index is 6.53. The average Bonchev–Trinajstić information content (AvgIpc) is 3.12. The Bertz CT molecular complexity index is 645. The zero-order valence-corrected chi connectivity index (χ0v) is 12.6. The molecule has 1 aromatic carbocycles. The van der Waals surface area contributed by atoms with E-state index in [-0.39, 0.29) is 0 Å². The van der Waals surface area contributed by atoms with Crippen molar-refractivity contribution in [2.75, 3.05) is 0 Å². The first-order valence-corrected chi connectivity index (χ1v) is 8.06. The second-order valence-electron chi connectivity index (χ2n) is 6.65. The van der Waals surface area contributed by atoms with Crippen molar-refractivity contribution in [1.82, 2.24) is 9.78 Å². The Kier molecular flexibility index (Phi) is 3.11. The molecule has 0 bridgehead atoms. The molecule has 3 nitrogen and oxygen atoms in total. The van der Waals surface area contributed by atoms with Crippen molar-refractivity contribution in [2.24, 2.45) is 24.6 Å². The molecule has 0 amide bonds. The van der Waals surface area contributed by atoms with E-state index in [9.17, 15) is 0 Å². The molecule has 21 heavy (non-hydrogen) atoms. The van der Waals surface area contributed by atoms with E-state index in [1.807, 2.05) is 17.9 Å². The summed E-state index contributed by atoms with van der Waals surface area (Å²) >= 11 is 0. The predicted octanol–water partition coefficient (Wildman–Crippen LogP) is 2.66. The van der Waals surface area contributed by atoms with Crippen LogP contribution >= 0.6 is 0 Å². The molecule has 3 heteroatoms. The van der Waals surface area contributed by atoms with Crippen LogP contribution in [0.25, 0.3) is 0 Å². The lowest BCUT2D eigenvalue weighted by Gasteiger charge is -2.13. The van der Waals surface area contributed by atoms with Gasteiger partial charge in [-0.2, -0.15) is 5.10 Å². The average molecular weight is 281 g/mol. The Balaban J connectivity index is 1.43. The monoisotopic (exact) mass is 281 g/mol. The SMILES string of the molecule is Cn1nccc1CCC(N)C1C2CCc3ccccc3C21. The van der Waals surface area contributed by atoms with Crippen molar-refractivity contribution in [3.05, 3.63) is 53.3 Å². The Labute approximate surface area is 126 Å². The van der Waals surface area contributed by atoms with Gasteiger partial charge in [0.05, 0.1) is 0 Å². The lowest BCUT2D eigenvalue weighted by Crippen LogP contribution is -2.25. The summed E-state index contributed by atoms with van der Waals surface area (Å²) in [5.74, 6) is 2.26. The maximum Gasteiger partial charge on any atom is 0.0492 e. The summed E-state index contributed by atoms with van der Waals surface area (Å²) < 4.78 is 1.96. The molecule has 4 unspecified atom stereocenters. The van der Waals surface area contributed by atoms with Crippen LogP contribution in [-0.4, -0.2) is 15.8 Å². The van der Waals surface area contributed by atoms with Crippen molar-refractivity contribution >= 4 is 0 Å². The van der Waals surface area contributed by atoms with Crippen molar-refractivity contribution in [2.45, 2.75) is 37.6 Å². The van der Waals surface area contributed by atoms with Crippen LogP contribution in [0.2, 0.25) is 0 Å². The molecule has 110 valence electrons. The van der Waals surface area contributed by atoms with Gasteiger partial charge in [-0.25, -0.2) is 0 Å². The molecular weight excluding hydrogens is 258 g/mol. The van der Waals surface area contributed by atoms with Gasteiger partial charge in [-0.15, -0.1) is 0 Å². The van der Waals surface area contributed by atoms with Crippen LogP contribution in [-0.2, 0) is 19.9 Å². The number of aryl methyl sites for hydroxylation is 3. The highest BCUT2D eigenvalue weighted by Crippen LogP contribution is 2.61. The van der Waals surface area contributed by atoms with E-state index < -0.39 is 0 Å². The van der Waals surface area contributed by atoms with Crippen LogP contribution in [0.4, 0.5) is 0 Å². The first kappa shape index (κ1) is 13.1. The van der Waals surface area contributed by atoms with Gasteiger partial charge in [-0.05, 0) is 60.6 Å². The normalized spacial score (nSPS) is 27.8. The van der Waals surface area contributed by atoms with Crippen molar-refractivity contribution in [3.8, 4) is 0 Å². The zero-order valence-electron chi connectivity index (χ0n) is 12.6. The molecule has 1 aromatic heterocycles. The molecule has 2 N–H and O–H groups in total. The molecule has 2 aliphatic rings. The molecule has 0 saturated heterocycles. The second-order valence-corrected chi connectivity index (χ2v) is 6.65. The number of hydrogen-bond acceptors (Lipinski definition) is 2. The fourth-order valence-corrected chi connectivity index (χ4v) is 4.36. The highest BCUT2D eigenvalue weighted by atomic mass is 15.2. The van der Waals surface area contributed by atoms with Gasteiger partial charge in [0.2, 0.25) is 0 Å². The summed E-state index contributed by atoms with van der Waals surface area (Å²) in [5.41, 5.74) is 11.0. The Hall–Kier alpha value is -1.61. The molecule has 1 heterocycles. The van der Waals surface area contributed by atoms with Gasteiger partial charge in [-0.3, -0.25) is 4.68 Å². The smallest absolute Gasteiger partial charge is 0.0492 e. The highest BCUT2D eigenvalue weighted by molar-refractivity contribution is 5.40. The van der Waals surface area contributed by atoms with Crippen LogP contribution < -0.4 is 5.73 Å². The number of nitrogens with two attached hydrogens (primary N) is 1. The van der Waals surface area contributed by atoms with Crippen molar-refractivity contribution in [1.29, 1.82) is 0 Å². The van der Waals surface area contributed by atoms with Gasteiger partial charge in [-0.1, -0.05) is 24.3 Å². The fraction of sp³-hybridized carbons (Fsp3) is 0.500. The van der Waals surface area contributed by atoms with E-state index in [1.165, 1.54) is 18.5 Å². The van der Waals surface area contributed by atoms with Crippen LogP contribution in [0.1, 0.15) is 35.6 Å². The minimum atomic E-state index is 0.320. The van der Waals surface area contributed by atoms with E-state index in [0.29, 0.717) is 12.0 Å². The summed E-state index contributed by atoms with van der Waals surface area (Å²) in [7, 11) is 2.01. The maximum absolute atomic E-state index is 6.53. The number of benzene rings is 1. The Morgan fingerprint density at radius 3 is 3.00 bits per heavy atom. The van der Waals surface area contributed by atoms with Gasteiger partial charge in [0, 0.05) is 25.0 Å². The second kappa shape index (κ2) is 4.99. The minimum Gasteiger partial charge on any atom is -0.327 e. The molecule has 0 aliphatic heterocycles. The van der Waals surface area contributed by atoms with Crippen LogP contribution in [0.3, 0.4) is 0 Å². The predicted molar refractivity (Wildman–Crippen MR) is 84.0 cm³/mol. The molecule has 2 aliphatic carbocycles. The highest BCUT2D eigenvalue weighted by Gasteiger charge is 2.55. The van der Waals surface area contributed by atoms with E-state index in [1.54, 1.807) is 11.1 Å². The zero-order chi connectivity index (χ0) is 14.4. The van der Waals surface area contributed by atoms with Crippen LogP contribution in [0.5, 0.6) is 0 Å². The standard InChI is InChI=1S/C18H23N3/c1-21-13(10-11-20-21)7-9-16(19)18-15-8-6-12-4-2-3-5-14(12)17(15)18/h2-5,10-11,15-18H,6-9,19H2,1H3. The summed E-state index contributed by atoms with van der Waals surface area (Å²) in [5, 5.41) is 4.23. The quantitative estimate of drug-likeness (QED) is 0.936. The summed E-state index contributed by atoms with van der Waals surface area (Å²) in [6, 6.07) is 11.4. The number of aromatic nitrogens is 2. The van der Waals surface area contributed by atoms with Crippen LogP contribution in [0.15, 0.2) is 36.5 Å². The number of rotatable bonds is 4. The largest absolute Gasteiger partial charge is 0.327 e. The first-order valence-electron chi connectivity index (χ1n) is 8.06. The van der Waals surface area contributed by atoms with E-state index in [4.69, 9.17) is 5.73 Å². The Morgan fingerprint density at radius 1 is 1.33 bits per heavy atom. The van der Waals surface area contributed by atoms with Gasteiger partial charge < -0.3 is 5.73 Å². The van der Waals surface area contributed by atoms with Gasteiger partial charge >= 0.3 is 0 Å². The molecule has 1 fully saturated rings.